The summed E-state index contributed by atoms with van der Waals surface area (Å²) in [5, 5.41) is 17.7. The van der Waals surface area contributed by atoms with E-state index in [1.54, 1.807) is 30.3 Å². The number of carboxylic acids is 1. The summed E-state index contributed by atoms with van der Waals surface area (Å²) in [6.07, 6.45) is 0. The van der Waals surface area contributed by atoms with Gasteiger partial charge in [0.25, 0.3) is 0 Å². The van der Waals surface area contributed by atoms with E-state index < -0.39 is 11.8 Å². The zero-order valence-electron chi connectivity index (χ0n) is 10.3. The van der Waals surface area contributed by atoms with E-state index in [0.717, 1.165) is 0 Å². The normalized spacial score (nSPS) is 10.0. The van der Waals surface area contributed by atoms with Crippen molar-refractivity contribution >= 4 is 17.7 Å². The topological polar surface area (TPSA) is 61.1 Å². The highest BCUT2D eigenvalue weighted by molar-refractivity contribution is 7.98. The number of carbonyl (C=O) groups is 1. The molecule has 1 N–H and O–H groups in total. The van der Waals surface area contributed by atoms with Gasteiger partial charge >= 0.3 is 5.97 Å². The van der Waals surface area contributed by atoms with Crippen LogP contribution in [0.1, 0.15) is 21.5 Å². The van der Waals surface area contributed by atoms with Gasteiger partial charge in [0, 0.05) is 10.6 Å². The molecule has 0 radical (unpaired) electrons. The van der Waals surface area contributed by atoms with Gasteiger partial charge in [-0.1, -0.05) is 18.2 Å². The van der Waals surface area contributed by atoms with Crippen LogP contribution >= 0.6 is 11.8 Å². The molecule has 0 heterocycles. The molecule has 2 aromatic rings. The highest BCUT2D eigenvalue weighted by Crippen LogP contribution is 2.27. The maximum atomic E-state index is 13.7. The number of halogens is 1. The molecule has 0 spiro atoms. The number of nitrogens with zero attached hydrogens (tertiary/aromatic N) is 1. The van der Waals surface area contributed by atoms with Crippen molar-refractivity contribution < 1.29 is 14.3 Å². The van der Waals surface area contributed by atoms with E-state index >= 15 is 0 Å². The standard InChI is InChI=1S/C15H10FNO2S/c16-13-7-10(8-17)5-6-11(13)9-20-14-4-2-1-3-12(14)15(18)19/h1-7H,9H2,(H,18,19). The summed E-state index contributed by atoms with van der Waals surface area (Å²) < 4.78 is 13.7. The minimum atomic E-state index is -1.01. The minimum absolute atomic E-state index is 0.201. The van der Waals surface area contributed by atoms with E-state index in [4.69, 9.17) is 10.4 Å². The van der Waals surface area contributed by atoms with E-state index in [1.807, 2.05) is 6.07 Å². The Kier molecular flexibility index (Phi) is 4.38. The fourth-order valence-corrected chi connectivity index (χ4v) is 2.69. The number of thioether (sulfide) groups is 1. The van der Waals surface area contributed by atoms with Crippen LogP contribution in [0.4, 0.5) is 4.39 Å². The van der Waals surface area contributed by atoms with Crippen molar-refractivity contribution in [2.75, 3.05) is 0 Å². The lowest BCUT2D eigenvalue weighted by atomic mass is 10.1. The van der Waals surface area contributed by atoms with Crippen LogP contribution in [-0.4, -0.2) is 11.1 Å². The molecule has 0 amide bonds. The minimum Gasteiger partial charge on any atom is -0.478 e. The summed E-state index contributed by atoms with van der Waals surface area (Å²) >= 11 is 1.25. The van der Waals surface area contributed by atoms with Crippen LogP contribution in [0.5, 0.6) is 0 Å². The van der Waals surface area contributed by atoms with Crippen molar-refractivity contribution in [2.45, 2.75) is 10.6 Å². The second-order valence-electron chi connectivity index (χ2n) is 4.01. The Hall–Kier alpha value is -2.32. The predicted molar refractivity (Wildman–Crippen MR) is 74.1 cm³/mol. The summed E-state index contributed by atoms with van der Waals surface area (Å²) in [6, 6.07) is 12.7. The Morgan fingerprint density at radius 3 is 2.70 bits per heavy atom. The summed E-state index contributed by atoms with van der Waals surface area (Å²) in [5.74, 6) is -1.15. The third-order valence-electron chi connectivity index (χ3n) is 2.68. The van der Waals surface area contributed by atoms with Gasteiger partial charge in [0.05, 0.1) is 17.2 Å². The van der Waals surface area contributed by atoms with Crippen LogP contribution in [0, 0.1) is 17.1 Å². The first kappa shape index (κ1) is 14.1. The van der Waals surface area contributed by atoms with Crippen molar-refractivity contribution in [3.05, 3.63) is 65.0 Å². The first-order chi connectivity index (χ1) is 9.61. The SMILES string of the molecule is N#Cc1ccc(CSc2ccccc2C(=O)O)c(F)c1. The second kappa shape index (κ2) is 6.22. The molecular weight excluding hydrogens is 277 g/mol. The van der Waals surface area contributed by atoms with Gasteiger partial charge in [-0.2, -0.15) is 5.26 Å². The number of aromatic carboxylic acids is 1. The monoisotopic (exact) mass is 287 g/mol. The molecule has 2 rings (SSSR count). The third kappa shape index (κ3) is 3.16. The lowest BCUT2D eigenvalue weighted by molar-refractivity contribution is 0.0693. The fourth-order valence-electron chi connectivity index (χ4n) is 1.66. The summed E-state index contributed by atoms with van der Waals surface area (Å²) in [4.78, 5) is 11.6. The van der Waals surface area contributed by atoms with Crippen molar-refractivity contribution in [1.29, 1.82) is 5.26 Å². The van der Waals surface area contributed by atoms with Crippen LogP contribution in [-0.2, 0) is 5.75 Å². The molecule has 0 bridgehead atoms. The molecule has 3 nitrogen and oxygen atoms in total. The quantitative estimate of drug-likeness (QED) is 0.871. The number of nitriles is 1. The van der Waals surface area contributed by atoms with E-state index in [0.29, 0.717) is 16.2 Å². The Morgan fingerprint density at radius 1 is 1.30 bits per heavy atom. The van der Waals surface area contributed by atoms with Crippen molar-refractivity contribution in [3.8, 4) is 6.07 Å². The largest absolute Gasteiger partial charge is 0.478 e. The molecule has 0 atom stereocenters. The first-order valence-electron chi connectivity index (χ1n) is 5.75. The Bertz CT molecular complexity index is 695. The number of hydrogen-bond acceptors (Lipinski definition) is 3. The van der Waals surface area contributed by atoms with Crippen molar-refractivity contribution in [1.82, 2.24) is 0 Å². The number of hydrogen-bond donors (Lipinski definition) is 1. The zero-order chi connectivity index (χ0) is 14.5. The highest BCUT2D eigenvalue weighted by Gasteiger charge is 2.11. The maximum Gasteiger partial charge on any atom is 0.336 e. The molecule has 0 aliphatic carbocycles. The molecule has 20 heavy (non-hydrogen) atoms. The Morgan fingerprint density at radius 2 is 2.05 bits per heavy atom. The predicted octanol–water partition coefficient (Wildman–Crippen LogP) is 3.69. The average molecular weight is 287 g/mol. The molecular formula is C15H10FNO2S. The second-order valence-corrected chi connectivity index (χ2v) is 5.03. The maximum absolute atomic E-state index is 13.7. The summed E-state index contributed by atoms with van der Waals surface area (Å²) in [5.41, 5.74) is 0.905. The van der Waals surface area contributed by atoms with Gasteiger partial charge in [-0.3, -0.25) is 0 Å². The lowest BCUT2D eigenvalue weighted by Gasteiger charge is -2.06. The molecule has 0 saturated carbocycles. The van der Waals surface area contributed by atoms with Gasteiger partial charge in [0.1, 0.15) is 5.82 Å². The van der Waals surface area contributed by atoms with Crippen molar-refractivity contribution in [3.63, 3.8) is 0 Å². The van der Waals surface area contributed by atoms with E-state index in [-0.39, 0.29) is 11.1 Å². The van der Waals surface area contributed by atoms with E-state index in [1.165, 1.54) is 23.9 Å². The fraction of sp³-hybridized carbons (Fsp3) is 0.0667. The molecule has 0 aliphatic heterocycles. The van der Waals surface area contributed by atoms with E-state index in [9.17, 15) is 9.18 Å². The van der Waals surface area contributed by atoms with Gasteiger partial charge in [0.15, 0.2) is 0 Å². The molecule has 0 unspecified atom stereocenters. The van der Waals surface area contributed by atoms with Crippen molar-refractivity contribution in [2.24, 2.45) is 0 Å². The van der Waals surface area contributed by atoms with Gasteiger partial charge < -0.3 is 5.11 Å². The number of benzene rings is 2. The lowest BCUT2D eigenvalue weighted by Crippen LogP contribution is -1.98. The van der Waals surface area contributed by atoms with E-state index in [2.05, 4.69) is 0 Å². The van der Waals surface area contributed by atoms with Crippen LogP contribution in [0.15, 0.2) is 47.4 Å². The Balaban J connectivity index is 2.18. The van der Waals surface area contributed by atoms with Crippen LogP contribution in [0.2, 0.25) is 0 Å². The molecule has 0 saturated heterocycles. The van der Waals surface area contributed by atoms with Crippen LogP contribution in [0.25, 0.3) is 0 Å². The zero-order valence-corrected chi connectivity index (χ0v) is 11.2. The van der Waals surface area contributed by atoms with Gasteiger partial charge in [-0.05, 0) is 29.8 Å². The molecule has 2 aromatic carbocycles. The molecule has 0 aliphatic rings. The number of carboxylic acid groups (broad SMARTS) is 1. The van der Waals surface area contributed by atoms with Gasteiger partial charge in [0.2, 0.25) is 0 Å². The average Bonchev–Trinajstić information content (AvgIpc) is 2.46. The van der Waals surface area contributed by atoms with Gasteiger partial charge in [-0.25, -0.2) is 9.18 Å². The summed E-state index contributed by atoms with van der Waals surface area (Å²) in [7, 11) is 0. The Labute approximate surface area is 119 Å². The first-order valence-corrected chi connectivity index (χ1v) is 6.74. The molecule has 0 aromatic heterocycles. The molecule has 100 valence electrons. The number of rotatable bonds is 4. The third-order valence-corrected chi connectivity index (χ3v) is 3.81. The van der Waals surface area contributed by atoms with Crippen LogP contribution < -0.4 is 0 Å². The van der Waals surface area contributed by atoms with Crippen LogP contribution in [0.3, 0.4) is 0 Å². The molecule has 5 heteroatoms. The highest BCUT2D eigenvalue weighted by atomic mass is 32.2. The van der Waals surface area contributed by atoms with Gasteiger partial charge in [-0.15, -0.1) is 11.8 Å². The molecule has 0 fully saturated rings. The summed E-state index contributed by atoms with van der Waals surface area (Å²) in [6.45, 7) is 0. The smallest absolute Gasteiger partial charge is 0.336 e.